The van der Waals surface area contributed by atoms with E-state index in [9.17, 15) is 9.59 Å². The average Bonchev–Trinajstić information content (AvgIpc) is 3.53. The van der Waals surface area contributed by atoms with Crippen LogP contribution in [0.25, 0.3) is 0 Å². The number of urea groups is 1. The van der Waals surface area contributed by atoms with Gasteiger partial charge in [-0.15, -0.1) is 11.3 Å². The molecular weight excluding hydrogens is 464 g/mol. The summed E-state index contributed by atoms with van der Waals surface area (Å²) in [4.78, 5) is 30.8. The Labute approximate surface area is 208 Å². The number of fused-ring (bicyclic) bond motifs is 1. The highest BCUT2D eigenvalue weighted by molar-refractivity contribution is 7.09. The standard InChI is InChI=1S/C26H26N4O4S/c1-18(2)30(26(32)28-21-6-3-5-19(11-21)13-27)16-25(31)29(15-22-7-4-10-35-22)14-20-8-9-23-24(12-20)34-17-33-23/h3-12,18H,14-17H2,1-2H3,(H,28,32). The van der Waals surface area contributed by atoms with Crippen LogP contribution in [-0.4, -0.2) is 41.1 Å². The summed E-state index contributed by atoms with van der Waals surface area (Å²) in [7, 11) is 0. The number of amides is 3. The molecule has 0 fully saturated rings. The Hall–Kier alpha value is -4.03. The normalized spacial score (nSPS) is 11.7. The number of hydrogen-bond acceptors (Lipinski definition) is 6. The van der Waals surface area contributed by atoms with Gasteiger partial charge >= 0.3 is 6.03 Å². The molecule has 8 nitrogen and oxygen atoms in total. The van der Waals surface area contributed by atoms with Crippen molar-refractivity contribution in [3.63, 3.8) is 0 Å². The molecule has 2 heterocycles. The van der Waals surface area contributed by atoms with Crippen LogP contribution in [0.15, 0.2) is 60.0 Å². The van der Waals surface area contributed by atoms with Gasteiger partial charge in [0.25, 0.3) is 0 Å². The van der Waals surface area contributed by atoms with Crippen LogP contribution in [0, 0.1) is 11.3 Å². The van der Waals surface area contributed by atoms with Gasteiger partial charge in [-0.2, -0.15) is 5.26 Å². The first kappa shape index (κ1) is 24.1. The zero-order valence-electron chi connectivity index (χ0n) is 19.6. The molecule has 0 radical (unpaired) electrons. The molecule has 9 heteroatoms. The van der Waals surface area contributed by atoms with Crippen molar-refractivity contribution in [2.75, 3.05) is 18.7 Å². The van der Waals surface area contributed by atoms with Crippen molar-refractivity contribution in [3.05, 3.63) is 76.0 Å². The second-order valence-corrected chi connectivity index (χ2v) is 9.39. The Balaban J connectivity index is 1.50. The van der Waals surface area contributed by atoms with Crippen molar-refractivity contribution < 1.29 is 19.1 Å². The lowest BCUT2D eigenvalue weighted by molar-refractivity contribution is -0.133. The lowest BCUT2D eigenvalue weighted by atomic mass is 10.2. The van der Waals surface area contributed by atoms with E-state index in [-0.39, 0.29) is 25.3 Å². The van der Waals surface area contributed by atoms with Crippen LogP contribution >= 0.6 is 11.3 Å². The predicted octanol–water partition coefficient (Wildman–Crippen LogP) is 4.82. The second-order valence-electron chi connectivity index (χ2n) is 8.36. The molecule has 1 aromatic heterocycles. The highest BCUT2D eigenvalue weighted by atomic mass is 32.1. The van der Waals surface area contributed by atoms with Gasteiger partial charge in [0.1, 0.15) is 6.54 Å². The van der Waals surface area contributed by atoms with Crippen molar-refractivity contribution in [1.82, 2.24) is 9.80 Å². The highest BCUT2D eigenvalue weighted by Gasteiger charge is 2.25. The summed E-state index contributed by atoms with van der Waals surface area (Å²) in [5, 5.41) is 13.9. The summed E-state index contributed by atoms with van der Waals surface area (Å²) in [5.74, 6) is 1.17. The Morgan fingerprint density at radius 3 is 2.66 bits per heavy atom. The van der Waals surface area contributed by atoms with Crippen molar-refractivity contribution in [2.45, 2.75) is 33.0 Å². The van der Waals surface area contributed by atoms with Gasteiger partial charge in [-0.05, 0) is 61.2 Å². The third-order valence-corrected chi connectivity index (χ3v) is 6.38. The Morgan fingerprint density at radius 2 is 1.91 bits per heavy atom. The molecule has 1 aliphatic heterocycles. The fourth-order valence-electron chi connectivity index (χ4n) is 3.68. The zero-order chi connectivity index (χ0) is 24.8. The first-order valence-electron chi connectivity index (χ1n) is 11.2. The maximum atomic E-state index is 13.5. The maximum absolute atomic E-state index is 13.5. The summed E-state index contributed by atoms with van der Waals surface area (Å²) < 4.78 is 10.9. The number of carbonyl (C=O) groups is 2. The number of nitrogens with one attached hydrogen (secondary N) is 1. The van der Waals surface area contributed by atoms with Crippen LogP contribution in [0.1, 0.15) is 29.9 Å². The van der Waals surface area contributed by atoms with E-state index in [0.29, 0.717) is 35.8 Å². The van der Waals surface area contributed by atoms with E-state index in [4.69, 9.17) is 14.7 Å². The molecule has 0 aliphatic carbocycles. The number of nitrogens with zero attached hydrogens (tertiary/aromatic N) is 3. The molecule has 0 bridgehead atoms. The van der Waals surface area contributed by atoms with Gasteiger partial charge in [-0.1, -0.05) is 18.2 Å². The number of carbonyl (C=O) groups excluding carboxylic acids is 2. The number of anilines is 1. The third kappa shape index (κ3) is 6.11. The molecule has 35 heavy (non-hydrogen) atoms. The Morgan fingerprint density at radius 1 is 1.09 bits per heavy atom. The molecule has 4 rings (SSSR count). The number of hydrogen-bond donors (Lipinski definition) is 1. The summed E-state index contributed by atoms with van der Waals surface area (Å²) in [6.07, 6.45) is 0. The van der Waals surface area contributed by atoms with Crippen LogP contribution in [0.2, 0.25) is 0 Å². The van der Waals surface area contributed by atoms with E-state index in [1.54, 1.807) is 40.5 Å². The highest BCUT2D eigenvalue weighted by Crippen LogP contribution is 2.33. The fraction of sp³-hybridized carbons (Fsp3) is 0.269. The summed E-state index contributed by atoms with van der Waals surface area (Å²) in [6.45, 7) is 4.62. The van der Waals surface area contributed by atoms with Gasteiger partial charge in [0, 0.05) is 23.2 Å². The second kappa shape index (κ2) is 10.9. The molecule has 2 aromatic carbocycles. The number of thiophene rings is 1. The van der Waals surface area contributed by atoms with Gasteiger partial charge in [0.15, 0.2) is 11.5 Å². The number of benzene rings is 2. The zero-order valence-corrected chi connectivity index (χ0v) is 20.4. The van der Waals surface area contributed by atoms with Gasteiger partial charge < -0.3 is 24.6 Å². The Kier molecular flexibility index (Phi) is 7.53. The minimum absolute atomic E-state index is 0.0859. The van der Waals surface area contributed by atoms with Crippen LogP contribution in [0.5, 0.6) is 11.5 Å². The first-order chi connectivity index (χ1) is 16.9. The van der Waals surface area contributed by atoms with Gasteiger partial charge in [0.2, 0.25) is 12.7 Å². The smallest absolute Gasteiger partial charge is 0.322 e. The first-order valence-corrected chi connectivity index (χ1v) is 12.1. The predicted molar refractivity (Wildman–Crippen MR) is 133 cm³/mol. The SMILES string of the molecule is CC(C)N(CC(=O)N(Cc1ccc2c(c1)OCO2)Cc1cccs1)C(=O)Nc1cccc(C#N)c1. The summed E-state index contributed by atoms with van der Waals surface area (Å²) in [6, 6.07) is 17.7. The molecule has 0 saturated heterocycles. The molecule has 0 unspecified atom stereocenters. The van der Waals surface area contributed by atoms with E-state index in [1.165, 1.54) is 4.90 Å². The summed E-state index contributed by atoms with van der Waals surface area (Å²) >= 11 is 1.58. The lowest BCUT2D eigenvalue weighted by Crippen LogP contribution is -2.47. The van der Waals surface area contributed by atoms with Crippen molar-refractivity contribution >= 4 is 29.0 Å². The molecule has 0 spiro atoms. The average molecular weight is 491 g/mol. The van der Waals surface area contributed by atoms with E-state index in [1.807, 2.05) is 49.6 Å². The van der Waals surface area contributed by atoms with Crippen LogP contribution in [-0.2, 0) is 17.9 Å². The lowest BCUT2D eigenvalue weighted by Gasteiger charge is -2.30. The van der Waals surface area contributed by atoms with Gasteiger partial charge in [0.05, 0.1) is 18.2 Å². The molecule has 3 aromatic rings. The number of ether oxygens (including phenoxy) is 2. The quantitative estimate of drug-likeness (QED) is 0.489. The number of nitriles is 1. The third-order valence-electron chi connectivity index (χ3n) is 5.52. The number of rotatable bonds is 8. The van der Waals surface area contributed by atoms with Crippen molar-refractivity contribution in [2.24, 2.45) is 0 Å². The van der Waals surface area contributed by atoms with E-state index in [2.05, 4.69) is 11.4 Å². The van der Waals surface area contributed by atoms with Gasteiger partial charge in [-0.25, -0.2) is 4.79 Å². The molecule has 0 saturated carbocycles. The molecule has 1 N–H and O–H groups in total. The Bertz CT molecular complexity index is 1240. The van der Waals surface area contributed by atoms with Crippen LogP contribution < -0.4 is 14.8 Å². The minimum atomic E-state index is -0.400. The molecular formula is C26H26N4O4S. The van der Waals surface area contributed by atoms with Crippen LogP contribution in [0.3, 0.4) is 0 Å². The molecule has 3 amide bonds. The molecule has 180 valence electrons. The topological polar surface area (TPSA) is 94.9 Å². The molecule has 1 aliphatic rings. The molecule has 0 atom stereocenters. The summed E-state index contributed by atoms with van der Waals surface area (Å²) in [5.41, 5.74) is 1.86. The van der Waals surface area contributed by atoms with E-state index in [0.717, 1.165) is 10.4 Å². The van der Waals surface area contributed by atoms with Crippen LogP contribution in [0.4, 0.5) is 10.5 Å². The monoisotopic (exact) mass is 490 g/mol. The minimum Gasteiger partial charge on any atom is -0.454 e. The van der Waals surface area contributed by atoms with Crippen molar-refractivity contribution in [3.8, 4) is 17.6 Å². The van der Waals surface area contributed by atoms with E-state index >= 15 is 0 Å². The maximum Gasteiger partial charge on any atom is 0.322 e. The fourth-order valence-corrected chi connectivity index (χ4v) is 4.40. The van der Waals surface area contributed by atoms with Crippen molar-refractivity contribution in [1.29, 1.82) is 5.26 Å². The van der Waals surface area contributed by atoms with Gasteiger partial charge in [-0.3, -0.25) is 4.79 Å². The largest absolute Gasteiger partial charge is 0.454 e. The van der Waals surface area contributed by atoms with E-state index < -0.39 is 6.03 Å².